The fourth-order valence-electron chi connectivity index (χ4n) is 6.42. The lowest BCUT2D eigenvalue weighted by molar-refractivity contribution is 0.158. The second-order valence-corrected chi connectivity index (χ2v) is 11.4. The number of benzene rings is 2. The third kappa shape index (κ3) is 4.76. The molecule has 6 rings (SSSR count). The molecule has 2 aromatic carbocycles. The molecule has 3 heterocycles. The monoisotopic (exact) mass is 566 g/mol. The first kappa shape index (κ1) is 26.4. The first-order valence-electron chi connectivity index (χ1n) is 13.3. The van der Waals surface area contributed by atoms with Gasteiger partial charge in [-0.15, -0.1) is 0 Å². The largest absolute Gasteiger partial charge is 0.481 e. The van der Waals surface area contributed by atoms with Gasteiger partial charge in [-0.25, -0.2) is 9.78 Å². The van der Waals surface area contributed by atoms with Crippen LogP contribution in [0.1, 0.15) is 30.0 Å². The molecule has 0 bridgehead atoms. The highest BCUT2D eigenvalue weighted by Crippen LogP contribution is 2.46. The normalized spacial score (nSPS) is 22.5. The zero-order chi connectivity index (χ0) is 27.1. The Bertz CT molecular complexity index is 1420. The summed E-state index contributed by atoms with van der Waals surface area (Å²) in [5.74, 6) is 0.641. The Morgan fingerprint density at radius 1 is 1.08 bits per heavy atom. The van der Waals surface area contributed by atoms with Crippen LogP contribution in [0.25, 0.3) is 22.4 Å². The van der Waals surface area contributed by atoms with Crippen LogP contribution in [0.3, 0.4) is 0 Å². The van der Waals surface area contributed by atoms with E-state index < -0.39 is 0 Å². The van der Waals surface area contributed by atoms with Crippen molar-refractivity contribution in [3.63, 3.8) is 0 Å². The van der Waals surface area contributed by atoms with E-state index >= 15 is 0 Å². The van der Waals surface area contributed by atoms with Crippen molar-refractivity contribution in [1.29, 1.82) is 0 Å². The number of nitrogens with one attached hydrogen (secondary N) is 1. The van der Waals surface area contributed by atoms with Crippen molar-refractivity contribution in [3.8, 4) is 28.3 Å². The van der Waals surface area contributed by atoms with Crippen LogP contribution in [-0.2, 0) is 11.2 Å². The number of ether oxygens (including phenoxy) is 2. The van der Waals surface area contributed by atoms with E-state index in [9.17, 15) is 4.79 Å². The predicted molar refractivity (Wildman–Crippen MR) is 154 cm³/mol. The molecular formula is C30H32Cl2N4O3. The zero-order valence-electron chi connectivity index (χ0n) is 22.2. The van der Waals surface area contributed by atoms with Crippen molar-refractivity contribution in [1.82, 2.24) is 20.1 Å². The van der Waals surface area contributed by atoms with E-state index in [1.807, 2.05) is 47.4 Å². The van der Waals surface area contributed by atoms with Crippen molar-refractivity contribution >= 4 is 29.2 Å². The minimum absolute atomic E-state index is 0.000473. The Kier molecular flexibility index (Phi) is 7.18. The van der Waals surface area contributed by atoms with Crippen molar-refractivity contribution in [3.05, 3.63) is 69.7 Å². The van der Waals surface area contributed by atoms with Gasteiger partial charge in [-0.2, -0.15) is 0 Å². The van der Waals surface area contributed by atoms with Crippen LogP contribution in [0, 0.1) is 0 Å². The van der Waals surface area contributed by atoms with Crippen molar-refractivity contribution in [2.75, 3.05) is 47.0 Å². The van der Waals surface area contributed by atoms with Crippen molar-refractivity contribution in [2.24, 2.45) is 0 Å². The van der Waals surface area contributed by atoms with E-state index in [0.29, 0.717) is 35.6 Å². The van der Waals surface area contributed by atoms with Gasteiger partial charge in [0.2, 0.25) is 5.88 Å². The van der Waals surface area contributed by atoms with Gasteiger partial charge in [-0.05, 0) is 37.0 Å². The molecule has 0 saturated carbocycles. The molecule has 2 unspecified atom stereocenters. The van der Waals surface area contributed by atoms with Gasteiger partial charge >= 0.3 is 6.03 Å². The van der Waals surface area contributed by atoms with Crippen LogP contribution in [-0.4, -0.2) is 73.4 Å². The molecular weight excluding hydrogens is 535 g/mol. The lowest BCUT2D eigenvalue weighted by atomic mass is 9.99. The summed E-state index contributed by atoms with van der Waals surface area (Å²) >= 11 is 13.4. The number of hydrogen-bond donors (Lipinski definition) is 1. The molecule has 2 atom stereocenters. The van der Waals surface area contributed by atoms with E-state index in [1.165, 1.54) is 5.56 Å². The summed E-state index contributed by atoms with van der Waals surface area (Å²) in [5, 5.41) is 4.54. The number of halogens is 2. The number of urea groups is 1. The number of aryl methyl sites for hydroxylation is 1. The van der Waals surface area contributed by atoms with Crippen LogP contribution < -0.4 is 10.1 Å². The van der Waals surface area contributed by atoms with E-state index in [4.69, 9.17) is 37.7 Å². The maximum absolute atomic E-state index is 12.6. The smallest absolute Gasteiger partial charge is 0.318 e. The van der Waals surface area contributed by atoms with Crippen molar-refractivity contribution in [2.45, 2.75) is 30.8 Å². The number of amides is 2. The van der Waals surface area contributed by atoms with Gasteiger partial charge in [-0.3, -0.25) is 4.90 Å². The highest BCUT2D eigenvalue weighted by Gasteiger charge is 2.49. The number of carbonyl (C=O) groups is 1. The average molecular weight is 568 g/mol. The Hall–Kier alpha value is -2.84. The van der Waals surface area contributed by atoms with Gasteiger partial charge in [0.1, 0.15) is 0 Å². The van der Waals surface area contributed by atoms with Gasteiger partial charge in [-0.1, -0.05) is 59.6 Å². The average Bonchev–Trinajstić information content (AvgIpc) is 3.63. The summed E-state index contributed by atoms with van der Waals surface area (Å²) in [6, 6.07) is 16.0. The number of aromatic nitrogens is 1. The topological polar surface area (TPSA) is 66.9 Å². The number of fused-ring (bicyclic) bond motifs is 1. The summed E-state index contributed by atoms with van der Waals surface area (Å²) in [6.45, 7) is 3.58. The molecule has 1 aromatic heterocycles. The van der Waals surface area contributed by atoms with Gasteiger partial charge in [0, 0.05) is 66.6 Å². The molecule has 2 fully saturated rings. The molecule has 1 N–H and O–H groups in total. The van der Waals surface area contributed by atoms with E-state index in [0.717, 1.165) is 60.3 Å². The SMILES string of the molecule is COCCN1CC2(CCN(C3CCc4cc(-c5cccc(-c6ccccc6Cl)c5Cl)nc(OC)c43)C2)NC1=O. The van der Waals surface area contributed by atoms with Crippen LogP contribution >= 0.6 is 23.2 Å². The van der Waals surface area contributed by atoms with Gasteiger partial charge < -0.3 is 19.7 Å². The van der Waals surface area contributed by atoms with E-state index in [1.54, 1.807) is 14.2 Å². The highest BCUT2D eigenvalue weighted by molar-refractivity contribution is 6.38. The third-order valence-electron chi connectivity index (χ3n) is 8.30. The zero-order valence-corrected chi connectivity index (χ0v) is 23.7. The highest BCUT2D eigenvalue weighted by atomic mass is 35.5. The Labute approximate surface area is 239 Å². The molecule has 2 amide bonds. The third-order valence-corrected chi connectivity index (χ3v) is 9.04. The lowest BCUT2D eigenvalue weighted by Gasteiger charge is -2.28. The molecule has 0 radical (unpaired) electrons. The van der Waals surface area contributed by atoms with Crippen LogP contribution in [0.15, 0.2) is 48.5 Å². The number of hydrogen-bond acceptors (Lipinski definition) is 5. The van der Waals surface area contributed by atoms with Crippen molar-refractivity contribution < 1.29 is 14.3 Å². The summed E-state index contributed by atoms with van der Waals surface area (Å²) in [7, 11) is 3.34. The minimum Gasteiger partial charge on any atom is -0.481 e. The Balaban J connectivity index is 1.28. The quantitative estimate of drug-likeness (QED) is 0.389. The molecule has 7 nitrogen and oxygen atoms in total. The summed E-state index contributed by atoms with van der Waals surface area (Å²) in [4.78, 5) is 21.9. The molecule has 3 aromatic rings. The van der Waals surface area contributed by atoms with Crippen LogP contribution in [0.4, 0.5) is 4.79 Å². The molecule has 1 aliphatic carbocycles. The second-order valence-electron chi connectivity index (χ2n) is 10.6. The van der Waals surface area contributed by atoms with Gasteiger partial charge in [0.05, 0.1) is 30.0 Å². The summed E-state index contributed by atoms with van der Waals surface area (Å²) in [5.41, 5.74) is 5.57. The molecule has 1 spiro atoms. The molecule has 204 valence electrons. The fourth-order valence-corrected chi connectivity index (χ4v) is 6.99. The molecule has 3 aliphatic rings. The maximum atomic E-state index is 12.6. The first-order valence-corrected chi connectivity index (χ1v) is 14.1. The molecule has 2 saturated heterocycles. The minimum atomic E-state index is -0.221. The van der Waals surface area contributed by atoms with Crippen LogP contribution in [0.5, 0.6) is 5.88 Å². The second kappa shape index (κ2) is 10.6. The standard InChI is InChI=1S/C30H32Cl2N4O3/c1-38-15-14-36-18-30(34-29(36)37)12-13-35(17-30)25-11-10-19-16-24(33-28(39-2)26(19)25)22-8-5-7-21(27(22)32)20-6-3-4-9-23(20)31/h3-9,16,25H,10-15,17-18H2,1-2H3,(H,34,37). The Morgan fingerprint density at radius 2 is 1.87 bits per heavy atom. The number of carbonyl (C=O) groups excluding carboxylic acids is 1. The van der Waals surface area contributed by atoms with Gasteiger partial charge in [0.25, 0.3) is 0 Å². The Morgan fingerprint density at radius 3 is 2.67 bits per heavy atom. The fraction of sp³-hybridized carbons (Fsp3) is 0.400. The maximum Gasteiger partial charge on any atom is 0.318 e. The number of methoxy groups -OCH3 is 2. The molecule has 2 aliphatic heterocycles. The van der Waals surface area contributed by atoms with E-state index in [2.05, 4.69) is 16.3 Å². The summed E-state index contributed by atoms with van der Waals surface area (Å²) < 4.78 is 11.1. The lowest BCUT2D eigenvalue weighted by Crippen LogP contribution is -2.46. The van der Waals surface area contributed by atoms with Crippen LogP contribution in [0.2, 0.25) is 10.0 Å². The first-order chi connectivity index (χ1) is 18.9. The molecule has 39 heavy (non-hydrogen) atoms. The number of likely N-dealkylation sites (tertiary alicyclic amines) is 1. The van der Waals surface area contributed by atoms with Gasteiger partial charge in [0.15, 0.2) is 0 Å². The van der Waals surface area contributed by atoms with E-state index in [-0.39, 0.29) is 17.6 Å². The number of pyridine rings is 1. The predicted octanol–water partition coefficient (Wildman–Crippen LogP) is 5.83. The number of nitrogens with zero attached hydrogens (tertiary/aromatic N) is 3. The summed E-state index contributed by atoms with van der Waals surface area (Å²) in [6.07, 6.45) is 2.84. The molecule has 9 heteroatoms. The number of rotatable bonds is 7.